The van der Waals surface area contributed by atoms with Gasteiger partial charge in [-0.05, 0) is 74.1 Å². The molecule has 0 N–H and O–H groups in total. The summed E-state index contributed by atoms with van der Waals surface area (Å²) >= 11 is 0. The molecule has 5 aliphatic rings. The van der Waals surface area contributed by atoms with Gasteiger partial charge in [0.05, 0.1) is 35.6 Å². The van der Waals surface area contributed by atoms with Crippen molar-refractivity contribution in [1.29, 1.82) is 0 Å². The predicted molar refractivity (Wildman–Crippen MR) is 156 cm³/mol. The smallest absolute Gasteiger partial charge is 0.481 e. The summed E-state index contributed by atoms with van der Waals surface area (Å²) in [4.78, 5) is 49.6. The number of rotatable bonds is 7. The molecule has 0 aromatic carbocycles. The number of amides is 1. The van der Waals surface area contributed by atoms with Gasteiger partial charge < -0.3 is 42.2 Å². The molecule has 5 fully saturated rings. The van der Waals surface area contributed by atoms with E-state index in [0.717, 1.165) is 43.1 Å². The third kappa shape index (κ3) is 7.73. The van der Waals surface area contributed by atoms with Gasteiger partial charge in [-0.15, -0.1) is 0 Å². The Balaban J connectivity index is 0.000000870. The number of hydrogen-bond acceptors (Lipinski definition) is 9. The van der Waals surface area contributed by atoms with E-state index in [9.17, 15) is 4.79 Å². The van der Waals surface area contributed by atoms with Gasteiger partial charge >= 0.3 is 7.12 Å². The van der Waals surface area contributed by atoms with E-state index >= 15 is 0 Å². The van der Waals surface area contributed by atoms with Gasteiger partial charge in [0.1, 0.15) is 0 Å². The van der Waals surface area contributed by atoms with Crippen molar-refractivity contribution in [3.63, 3.8) is 0 Å². The Kier molecular flexibility index (Phi) is 14.0. The quantitative estimate of drug-likeness (QED) is 0.239. The zero-order chi connectivity index (χ0) is 30.9. The van der Waals surface area contributed by atoms with Crippen molar-refractivity contribution in [3.8, 4) is 0 Å². The van der Waals surface area contributed by atoms with Crippen LogP contribution >= 0.6 is 0 Å². The molecule has 2 bridgehead atoms. The van der Waals surface area contributed by atoms with E-state index in [4.69, 9.17) is 23.7 Å². The monoisotopic (exact) mass is 760 g/mol. The maximum atomic E-state index is 13.7. The summed E-state index contributed by atoms with van der Waals surface area (Å²) in [5.41, 5.74) is 1.96. The summed E-state index contributed by atoms with van der Waals surface area (Å²) in [5, 5.41) is 0. The van der Waals surface area contributed by atoms with Crippen molar-refractivity contribution in [1.82, 2.24) is 19.8 Å². The van der Waals surface area contributed by atoms with Gasteiger partial charge in [0.2, 0.25) is 5.91 Å². The first kappa shape index (κ1) is 36.6. The first-order valence-electron chi connectivity index (χ1n) is 14.1. The van der Waals surface area contributed by atoms with Crippen molar-refractivity contribution in [2.45, 2.75) is 77.2 Å². The molecule has 2 aliphatic heterocycles. The van der Waals surface area contributed by atoms with Gasteiger partial charge in [-0.25, -0.2) is 0 Å². The molecule has 4 heterocycles. The van der Waals surface area contributed by atoms with Crippen molar-refractivity contribution >= 4 is 33.4 Å². The molecule has 1 amide bonds. The van der Waals surface area contributed by atoms with Gasteiger partial charge in [-0.2, -0.15) is 0 Å². The zero-order valence-corrected chi connectivity index (χ0v) is 27.6. The second-order valence-corrected chi connectivity index (χ2v) is 11.9. The summed E-state index contributed by atoms with van der Waals surface area (Å²) < 4.78 is 13.3. The molecule has 43 heavy (non-hydrogen) atoms. The molecule has 3 radical (unpaired) electrons. The van der Waals surface area contributed by atoms with Crippen LogP contribution in [0.3, 0.4) is 0 Å². The van der Waals surface area contributed by atoms with Gasteiger partial charge in [-0.1, -0.05) is 26.0 Å². The van der Waals surface area contributed by atoms with Crippen molar-refractivity contribution in [3.05, 3.63) is 60.2 Å². The average Bonchev–Trinajstić information content (AvgIpc) is 3.65. The van der Waals surface area contributed by atoms with Gasteiger partial charge in [-0.3, -0.25) is 26.5 Å². The number of nitrogens with zero attached hydrogens (tertiary/aromatic N) is 4. The maximum Gasteiger partial charge on any atom is 0.481 e. The second kappa shape index (κ2) is 16.5. The molecule has 1 unspecified atom stereocenters. The summed E-state index contributed by atoms with van der Waals surface area (Å²) in [6.45, 7) is 21.5. The van der Waals surface area contributed by atoms with E-state index in [2.05, 4.69) is 56.0 Å². The molecule has 0 spiro atoms. The normalized spacial score (nSPS) is 27.4. The van der Waals surface area contributed by atoms with Crippen LogP contribution in [-0.4, -0.2) is 83.9 Å². The second-order valence-electron chi connectivity index (χ2n) is 11.9. The minimum absolute atomic E-state index is 0. The van der Waals surface area contributed by atoms with E-state index in [0.29, 0.717) is 31.0 Å². The Labute approximate surface area is 269 Å². The Morgan fingerprint density at radius 1 is 1.02 bits per heavy atom. The number of likely N-dealkylation sites (tertiary alicyclic amines) is 1. The van der Waals surface area contributed by atoms with Gasteiger partial charge in [0, 0.05) is 52.5 Å². The van der Waals surface area contributed by atoms with Crippen LogP contribution in [0.4, 0.5) is 0 Å². The summed E-state index contributed by atoms with van der Waals surface area (Å²) in [6, 6.07) is 11.8. The molecule has 7 rings (SSSR count). The minimum atomic E-state index is -0.332. The molecular weight excluding hydrogens is 721 g/mol. The van der Waals surface area contributed by atoms with E-state index in [1.807, 2.05) is 41.3 Å². The van der Waals surface area contributed by atoms with E-state index < -0.39 is 0 Å². The molecule has 2 aromatic rings. The van der Waals surface area contributed by atoms with Gasteiger partial charge in [0.15, 0.2) is 0 Å². The molecule has 3 saturated carbocycles. The maximum absolute atomic E-state index is 13.7. The number of aromatic nitrogens is 2. The van der Waals surface area contributed by atoms with Crippen LogP contribution < -0.4 is 0 Å². The third-order valence-corrected chi connectivity index (χ3v) is 9.48. The SMILES string of the molecule is CC1(C)C2C[C@@H]1C[C@H]1OB([C@@H]3CCCN3C(=O)CN(Cc3ccccn3)Cc3ccccn3)O[C@@]21C.[C-]=O.[C-]=O.[CH-]=O.[Re]. The molecule has 2 saturated heterocycles. The Hall–Kier alpha value is -2.61. The molecular formula is C31H38BN4O6Re-3. The fourth-order valence-corrected chi connectivity index (χ4v) is 7.34. The topological polar surface area (TPSA) is 119 Å². The molecule has 5 atom stereocenters. The van der Waals surface area contributed by atoms with Crippen LogP contribution in [0.25, 0.3) is 0 Å². The number of hydrogen-bond donors (Lipinski definition) is 0. The number of carbonyl (C=O) groups excluding carboxylic acids is 4. The van der Waals surface area contributed by atoms with Crippen LogP contribution in [0.2, 0.25) is 0 Å². The summed E-state index contributed by atoms with van der Waals surface area (Å²) in [5.74, 6) is 1.35. The fourth-order valence-electron chi connectivity index (χ4n) is 7.34. The molecule has 12 heteroatoms. The minimum Gasteiger partial charge on any atom is -0.573 e. The summed E-state index contributed by atoms with van der Waals surface area (Å²) in [6.07, 6.45) is 7.95. The van der Waals surface area contributed by atoms with Crippen LogP contribution in [-0.2, 0) is 62.0 Å². The van der Waals surface area contributed by atoms with E-state index in [1.54, 1.807) is 12.4 Å². The van der Waals surface area contributed by atoms with E-state index in [-0.39, 0.29) is 51.1 Å². The number of pyridine rings is 2. The molecule has 231 valence electrons. The van der Waals surface area contributed by atoms with E-state index in [1.165, 1.54) is 6.42 Å². The van der Waals surface area contributed by atoms with Crippen LogP contribution in [0, 0.1) is 17.3 Å². The zero-order valence-electron chi connectivity index (χ0n) is 24.9. The van der Waals surface area contributed by atoms with Crippen molar-refractivity contribution < 1.29 is 48.9 Å². The van der Waals surface area contributed by atoms with Crippen LogP contribution in [0.5, 0.6) is 0 Å². The Morgan fingerprint density at radius 3 is 2.12 bits per heavy atom. The van der Waals surface area contributed by atoms with Gasteiger partial charge in [0.25, 0.3) is 0 Å². The fraction of sp³-hybridized carbons (Fsp3) is 0.548. The van der Waals surface area contributed by atoms with Crippen LogP contribution in [0.1, 0.15) is 57.8 Å². The molecule has 10 nitrogen and oxygen atoms in total. The average molecular weight is 760 g/mol. The van der Waals surface area contributed by atoms with Crippen molar-refractivity contribution in [2.24, 2.45) is 17.3 Å². The molecule has 3 aliphatic carbocycles. The van der Waals surface area contributed by atoms with Crippen LogP contribution in [0.15, 0.2) is 48.8 Å². The standard InChI is InChI=1S/C28H37BN4O3.CHO.2CO.Re/c1-27(2)20-15-23(27)28(3)24(16-20)35-29(36-28)25-11-8-14-33(25)26(34)19-32(17-21-9-4-6-12-30-21)18-22-10-5-7-13-31-22;3*1-2;/h4-7,9-10,12-13,20,23-25H,8,11,14-19H2,1-3H3;1H;;;/q;3*-1;/t20-,23?,24-,25+,28+;;;;/m1..../s1. The summed E-state index contributed by atoms with van der Waals surface area (Å²) in [7, 11) is -0.332. The largest absolute Gasteiger partial charge is 0.573 e. The third-order valence-electron chi connectivity index (χ3n) is 9.48. The Bertz CT molecular complexity index is 1110. The number of carbonyl (C=O) groups is 1. The van der Waals surface area contributed by atoms with Crippen molar-refractivity contribution in [2.75, 3.05) is 13.1 Å². The first-order valence-corrected chi connectivity index (χ1v) is 14.1. The predicted octanol–water partition coefficient (Wildman–Crippen LogP) is 2.67. The first-order chi connectivity index (χ1) is 20.3. The molecule has 2 aromatic heterocycles. The Morgan fingerprint density at radius 2 is 1.60 bits per heavy atom.